The molecule has 7 heteroatoms. The summed E-state index contributed by atoms with van der Waals surface area (Å²) in [5.74, 6) is -0.361. The summed E-state index contributed by atoms with van der Waals surface area (Å²) >= 11 is 0. The molecule has 0 aromatic rings. The van der Waals surface area contributed by atoms with E-state index in [-0.39, 0.29) is 30.4 Å². The van der Waals surface area contributed by atoms with Gasteiger partial charge in [-0.25, -0.2) is 0 Å². The molecule has 7 nitrogen and oxygen atoms in total. The molecular weight excluding hydrogens is 526 g/mol. The molecule has 1 heterocycles. The third-order valence-corrected chi connectivity index (χ3v) is 9.15. The van der Waals surface area contributed by atoms with Crippen molar-refractivity contribution in [1.29, 1.82) is 0 Å². The van der Waals surface area contributed by atoms with Crippen molar-refractivity contribution in [2.24, 2.45) is 5.92 Å². The molecule has 0 saturated carbocycles. The van der Waals surface area contributed by atoms with Crippen LogP contribution >= 0.6 is 0 Å². The number of nitrogens with one attached hydrogen (secondary N) is 2. The van der Waals surface area contributed by atoms with Gasteiger partial charge in [-0.1, -0.05) is 124 Å². The maximum absolute atomic E-state index is 12.9. The van der Waals surface area contributed by atoms with Gasteiger partial charge in [-0.15, -0.1) is 10.3 Å². The molecule has 0 aromatic carbocycles. The first-order valence-corrected chi connectivity index (χ1v) is 17.6. The van der Waals surface area contributed by atoms with Gasteiger partial charge in [-0.3, -0.25) is 9.59 Å². The highest BCUT2D eigenvalue weighted by Gasteiger charge is 2.46. The number of unbranched alkanes of at least 4 members (excludes halogenated alkanes) is 15. The molecule has 42 heavy (non-hydrogen) atoms. The quantitative estimate of drug-likeness (QED) is 0.110. The second kappa shape index (κ2) is 21.5. The summed E-state index contributed by atoms with van der Waals surface area (Å²) in [5, 5.41) is 19.7. The molecule has 2 amide bonds. The Morgan fingerprint density at radius 1 is 0.762 bits per heavy atom. The minimum absolute atomic E-state index is 0.0290. The summed E-state index contributed by atoms with van der Waals surface area (Å²) in [5.41, 5.74) is -1.09. The highest BCUT2D eigenvalue weighted by atomic mass is 16.5. The van der Waals surface area contributed by atoms with Crippen molar-refractivity contribution in [3.8, 4) is 0 Å². The minimum Gasteiger partial charge on any atom is -0.368 e. The number of hydroxylamine groups is 2. The number of nitrogens with zero attached hydrogens (tertiary/aromatic N) is 1. The smallest absolute Gasteiger partial charge is 0.246 e. The minimum atomic E-state index is -0.566. The largest absolute Gasteiger partial charge is 0.368 e. The van der Waals surface area contributed by atoms with Crippen molar-refractivity contribution in [2.45, 2.75) is 194 Å². The average molecular weight is 595 g/mol. The monoisotopic (exact) mass is 595 g/mol. The van der Waals surface area contributed by atoms with Crippen LogP contribution in [0.5, 0.6) is 0 Å². The number of hydrogen-bond donors (Lipinski definition) is 2. The average Bonchev–Trinajstić information content (AvgIpc) is 2.94. The lowest BCUT2D eigenvalue weighted by molar-refractivity contribution is -0.300. The van der Waals surface area contributed by atoms with Crippen LogP contribution < -0.4 is 10.6 Å². The third kappa shape index (κ3) is 16.0. The highest BCUT2D eigenvalue weighted by molar-refractivity contribution is 5.88. The van der Waals surface area contributed by atoms with Crippen LogP contribution in [0.3, 0.4) is 0 Å². The van der Waals surface area contributed by atoms with Crippen molar-refractivity contribution in [3.05, 3.63) is 0 Å². The first kappa shape index (κ1) is 38.8. The van der Waals surface area contributed by atoms with E-state index in [0.29, 0.717) is 19.4 Å². The van der Waals surface area contributed by atoms with Gasteiger partial charge >= 0.3 is 0 Å². The normalized spacial score (nSPS) is 18.5. The van der Waals surface area contributed by atoms with E-state index in [2.05, 4.69) is 17.6 Å². The molecule has 2 N–H and O–H groups in total. The van der Waals surface area contributed by atoms with Crippen LogP contribution in [-0.4, -0.2) is 53.3 Å². The first-order chi connectivity index (χ1) is 19.9. The van der Waals surface area contributed by atoms with E-state index in [1.54, 1.807) is 0 Å². The van der Waals surface area contributed by atoms with E-state index in [1.807, 2.05) is 41.5 Å². The van der Waals surface area contributed by atoms with Gasteiger partial charge in [0.2, 0.25) is 11.8 Å². The van der Waals surface area contributed by atoms with E-state index < -0.39 is 17.1 Å². The van der Waals surface area contributed by atoms with Gasteiger partial charge in [0.05, 0.1) is 6.10 Å². The molecule has 1 saturated heterocycles. The van der Waals surface area contributed by atoms with Crippen molar-refractivity contribution in [2.75, 3.05) is 13.2 Å². The van der Waals surface area contributed by atoms with E-state index in [9.17, 15) is 14.8 Å². The van der Waals surface area contributed by atoms with Gasteiger partial charge in [0.1, 0.15) is 12.6 Å². The predicted octanol–water partition coefficient (Wildman–Crippen LogP) is 8.28. The van der Waals surface area contributed by atoms with Crippen molar-refractivity contribution in [1.82, 2.24) is 15.7 Å². The molecule has 2 atom stereocenters. The number of ether oxygens (including phenoxy) is 1. The Hall–Kier alpha value is -1.18. The fourth-order valence-electron chi connectivity index (χ4n) is 6.39. The lowest BCUT2D eigenvalue weighted by Gasteiger charge is -2.49. The lowest BCUT2D eigenvalue weighted by Crippen LogP contribution is -2.60. The molecule has 0 aliphatic carbocycles. The molecule has 1 rings (SSSR count). The van der Waals surface area contributed by atoms with E-state index in [0.717, 1.165) is 24.3 Å². The van der Waals surface area contributed by atoms with Crippen LogP contribution in [0.4, 0.5) is 0 Å². The highest BCUT2D eigenvalue weighted by Crippen LogP contribution is 2.38. The summed E-state index contributed by atoms with van der Waals surface area (Å²) in [6.07, 6.45) is 23.0. The summed E-state index contributed by atoms with van der Waals surface area (Å²) in [7, 11) is 0. The van der Waals surface area contributed by atoms with Gasteiger partial charge in [0, 0.05) is 17.6 Å². The molecule has 1 aliphatic rings. The number of piperidine rings is 1. The first-order valence-electron chi connectivity index (χ1n) is 17.6. The summed E-state index contributed by atoms with van der Waals surface area (Å²) in [4.78, 5) is 25.7. The van der Waals surface area contributed by atoms with Crippen molar-refractivity contribution in [3.63, 3.8) is 0 Å². The molecule has 0 aromatic heterocycles. The molecule has 0 spiro atoms. The Kier molecular flexibility index (Phi) is 19.9. The number of hydrogen-bond acceptors (Lipinski definition) is 4. The Bertz CT molecular complexity index is 709. The van der Waals surface area contributed by atoms with Crippen molar-refractivity contribution < 1.29 is 19.5 Å². The summed E-state index contributed by atoms with van der Waals surface area (Å²) in [6.45, 7) is 14.5. The van der Waals surface area contributed by atoms with Gasteiger partial charge in [-0.2, -0.15) is 0 Å². The zero-order chi connectivity index (χ0) is 31.4. The Labute approximate surface area is 259 Å². The summed E-state index contributed by atoms with van der Waals surface area (Å²) < 4.78 is 5.95. The van der Waals surface area contributed by atoms with Crippen LogP contribution in [0.1, 0.15) is 170 Å². The van der Waals surface area contributed by atoms with Crippen LogP contribution in [-0.2, 0) is 19.5 Å². The Balaban J connectivity index is 2.17. The third-order valence-electron chi connectivity index (χ3n) is 9.15. The summed E-state index contributed by atoms with van der Waals surface area (Å²) in [6, 6.07) is -0.566. The number of rotatable bonds is 24. The van der Waals surface area contributed by atoms with Crippen LogP contribution in [0.25, 0.3) is 0 Å². The number of carbonyl (C=O) groups is 2. The topological polar surface area (TPSA) is 90.6 Å². The maximum Gasteiger partial charge on any atom is 0.246 e. The van der Waals surface area contributed by atoms with Gasteiger partial charge in [-0.05, 0) is 52.9 Å². The molecule has 247 valence electrons. The van der Waals surface area contributed by atoms with Gasteiger partial charge in [0.15, 0.2) is 0 Å². The maximum atomic E-state index is 12.9. The van der Waals surface area contributed by atoms with Crippen LogP contribution in [0, 0.1) is 5.92 Å². The van der Waals surface area contributed by atoms with Gasteiger partial charge < -0.3 is 15.4 Å². The van der Waals surface area contributed by atoms with Crippen LogP contribution in [0.15, 0.2) is 0 Å². The van der Waals surface area contributed by atoms with E-state index >= 15 is 0 Å². The predicted molar refractivity (Wildman–Crippen MR) is 174 cm³/mol. The number of amides is 2. The van der Waals surface area contributed by atoms with E-state index in [4.69, 9.17) is 4.74 Å². The molecule has 0 bridgehead atoms. The zero-order valence-electron chi connectivity index (χ0n) is 28.7. The van der Waals surface area contributed by atoms with Crippen LogP contribution in [0.2, 0.25) is 0 Å². The Morgan fingerprint density at radius 3 is 1.62 bits per heavy atom. The second-order valence-electron chi connectivity index (χ2n) is 14.3. The molecule has 1 fully saturated rings. The SMILES string of the molecule is CCCCCCCCCCCCCCCCCCNC(=O)[C@@H](NC(=O)COC1CC(C)(C)N([O])C(C)(C)C1)C(C)CC. The fraction of sp³-hybridized carbons (Fsp3) is 0.943. The Morgan fingerprint density at radius 2 is 1.19 bits per heavy atom. The molecule has 1 aliphatic heterocycles. The standard InChI is InChI=1S/C35H68N3O4/c1-8-10-11-12-13-14-15-16-17-18-19-20-21-22-23-24-25-36-33(40)32(29(3)9-2)37-31(39)28-42-30-26-34(4,5)38(41)35(6,7)27-30/h29-30,32H,8-28H2,1-7H3,(H,36,40)(H,37,39)/t29?,32-/m0/s1. The van der Waals surface area contributed by atoms with E-state index in [1.165, 1.54) is 89.9 Å². The van der Waals surface area contributed by atoms with Crippen molar-refractivity contribution >= 4 is 11.8 Å². The molecule has 1 unspecified atom stereocenters. The zero-order valence-corrected chi connectivity index (χ0v) is 28.7. The lowest BCUT2D eigenvalue weighted by atomic mass is 9.80. The number of carbonyl (C=O) groups excluding carboxylic acids is 2. The molecular formula is C35H68N3O4. The molecule has 1 radical (unpaired) electrons. The second-order valence-corrected chi connectivity index (χ2v) is 14.3. The van der Waals surface area contributed by atoms with Gasteiger partial charge in [0.25, 0.3) is 0 Å². The fourth-order valence-corrected chi connectivity index (χ4v) is 6.39.